The van der Waals surface area contributed by atoms with Crippen LogP contribution in [0.1, 0.15) is 24.1 Å². The van der Waals surface area contributed by atoms with Crippen molar-refractivity contribution in [2.75, 3.05) is 5.32 Å². The number of nitrogens with one attached hydrogen (secondary N) is 2. The van der Waals surface area contributed by atoms with Crippen molar-refractivity contribution in [1.82, 2.24) is 13.9 Å². The predicted octanol–water partition coefficient (Wildman–Crippen LogP) is 2.46. The van der Waals surface area contributed by atoms with Crippen LogP contribution in [0.15, 0.2) is 87.3 Å². The van der Waals surface area contributed by atoms with Gasteiger partial charge in [0.25, 0.3) is 5.56 Å². The minimum atomic E-state index is -4.25. The molecule has 1 aromatic heterocycles. The van der Waals surface area contributed by atoms with Gasteiger partial charge in [-0.2, -0.15) is 4.72 Å². The number of benzene rings is 3. The van der Waals surface area contributed by atoms with Crippen molar-refractivity contribution in [2.24, 2.45) is 14.1 Å². The van der Waals surface area contributed by atoms with E-state index in [0.717, 1.165) is 16.6 Å². The number of carbonyl (C=O) groups excluding carboxylic acids is 1. The molecule has 186 valence electrons. The summed E-state index contributed by atoms with van der Waals surface area (Å²) in [6, 6.07) is 18.5. The van der Waals surface area contributed by atoms with E-state index in [1.54, 1.807) is 42.5 Å². The minimum absolute atomic E-state index is 0.0687. The fraction of sp³-hybridized carbons (Fsp3) is 0.192. The predicted molar refractivity (Wildman–Crippen MR) is 138 cm³/mol. The Bertz CT molecular complexity index is 1660. The highest BCUT2D eigenvalue weighted by atomic mass is 32.2. The molecule has 9 nitrogen and oxygen atoms in total. The van der Waals surface area contributed by atoms with Gasteiger partial charge in [-0.15, -0.1) is 0 Å². The topological polar surface area (TPSA) is 119 Å². The SMILES string of the molecule is CCc1ccc(NC(=O)[C@H](NS(=O)(=O)c2ccc3c(c2)c(=O)n(C)c(=O)n3C)c2ccccc2)cc1. The third-order valence-electron chi connectivity index (χ3n) is 6.05. The van der Waals surface area contributed by atoms with Crippen molar-refractivity contribution < 1.29 is 13.2 Å². The molecule has 0 fully saturated rings. The highest BCUT2D eigenvalue weighted by Crippen LogP contribution is 2.22. The first-order chi connectivity index (χ1) is 17.1. The van der Waals surface area contributed by atoms with Gasteiger partial charge in [-0.3, -0.25) is 18.7 Å². The van der Waals surface area contributed by atoms with Crippen LogP contribution in [-0.4, -0.2) is 23.5 Å². The van der Waals surface area contributed by atoms with E-state index in [9.17, 15) is 22.8 Å². The number of amides is 1. The van der Waals surface area contributed by atoms with E-state index in [2.05, 4.69) is 10.0 Å². The Morgan fingerprint density at radius 3 is 2.22 bits per heavy atom. The van der Waals surface area contributed by atoms with E-state index in [1.807, 2.05) is 19.1 Å². The van der Waals surface area contributed by atoms with Gasteiger partial charge >= 0.3 is 5.69 Å². The van der Waals surface area contributed by atoms with Crippen molar-refractivity contribution in [3.05, 3.63) is 105 Å². The zero-order chi connectivity index (χ0) is 26.0. The first-order valence-electron chi connectivity index (χ1n) is 11.3. The average Bonchev–Trinajstić information content (AvgIpc) is 2.89. The molecule has 0 aliphatic carbocycles. The van der Waals surface area contributed by atoms with Crippen LogP contribution in [0.3, 0.4) is 0 Å². The third kappa shape index (κ3) is 4.86. The maximum absolute atomic E-state index is 13.4. The van der Waals surface area contributed by atoms with E-state index in [4.69, 9.17) is 0 Å². The van der Waals surface area contributed by atoms with E-state index in [1.165, 1.54) is 36.9 Å². The lowest BCUT2D eigenvalue weighted by Gasteiger charge is -2.19. The molecule has 0 radical (unpaired) electrons. The lowest BCUT2D eigenvalue weighted by atomic mass is 10.1. The standard InChI is InChI=1S/C26H26N4O5S/c1-4-17-10-12-19(13-11-17)27-24(31)23(18-8-6-5-7-9-18)28-36(34,35)20-14-15-22-21(16-20)25(32)30(3)26(33)29(22)2/h5-16,23,28H,4H2,1-3H3,(H,27,31)/t23-/m1/s1. The molecule has 3 aromatic carbocycles. The molecular formula is C26H26N4O5S. The number of hydrogen-bond acceptors (Lipinski definition) is 5. The molecule has 1 amide bonds. The number of rotatable bonds is 7. The van der Waals surface area contributed by atoms with Gasteiger partial charge in [0.1, 0.15) is 6.04 Å². The molecule has 1 heterocycles. The molecule has 0 saturated heterocycles. The molecule has 0 aliphatic rings. The highest BCUT2D eigenvalue weighted by Gasteiger charge is 2.28. The fourth-order valence-electron chi connectivity index (χ4n) is 3.92. The second kappa shape index (κ2) is 9.92. The minimum Gasteiger partial charge on any atom is -0.324 e. The summed E-state index contributed by atoms with van der Waals surface area (Å²) in [5, 5.41) is 2.84. The van der Waals surface area contributed by atoms with Gasteiger partial charge in [0, 0.05) is 19.8 Å². The Morgan fingerprint density at radius 2 is 1.58 bits per heavy atom. The van der Waals surface area contributed by atoms with Gasteiger partial charge in [0.05, 0.1) is 15.8 Å². The fourth-order valence-corrected chi connectivity index (χ4v) is 5.13. The second-order valence-electron chi connectivity index (χ2n) is 8.39. The van der Waals surface area contributed by atoms with Gasteiger partial charge in [-0.25, -0.2) is 13.2 Å². The molecule has 4 aromatic rings. The van der Waals surface area contributed by atoms with Crippen LogP contribution in [0, 0.1) is 0 Å². The van der Waals surface area contributed by atoms with Gasteiger partial charge in [-0.05, 0) is 47.9 Å². The maximum Gasteiger partial charge on any atom is 0.330 e. The Kier molecular flexibility index (Phi) is 6.91. The lowest BCUT2D eigenvalue weighted by Crippen LogP contribution is -2.38. The number of fused-ring (bicyclic) bond motifs is 1. The van der Waals surface area contributed by atoms with Crippen LogP contribution in [0.4, 0.5) is 5.69 Å². The Hall–Kier alpha value is -4.02. The van der Waals surface area contributed by atoms with Crippen molar-refractivity contribution in [1.29, 1.82) is 0 Å². The van der Waals surface area contributed by atoms with Crippen LogP contribution in [0.2, 0.25) is 0 Å². The normalized spacial score (nSPS) is 12.4. The van der Waals surface area contributed by atoms with Crippen molar-refractivity contribution in [2.45, 2.75) is 24.3 Å². The number of nitrogens with zero attached hydrogens (tertiary/aromatic N) is 2. The van der Waals surface area contributed by atoms with E-state index in [0.29, 0.717) is 16.8 Å². The first-order valence-corrected chi connectivity index (χ1v) is 12.8. The molecular weight excluding hydrogens is 480 g/mol. The number of aryl methyl sites for hydroxylation is 2. The Labute approximate surface area is 208 Å². The average molecular weight is 507 g/mol. The summed E-state index contributed by atoms with van der Waals surface area (Å²) in [5.41, 5.74) is 1.26. The van der Waals surface area contributed by atoms with E-state index >= 15 is 0 Å². The second-order valence-corrected chi connectivity index (χ2v) is 10.1. The van der Waals surface area contributed by atoms with E-state index in [-0.39, 0.29) is 10.3 Å². The summed E-state index contributed by atoms with van der Waals surface area (Å²) in [6.45, 7) is 2.02. The van der Waals surface area contributed by atoms with Crippen LogP contribution in [-0.2, 0) is 35.3 Å². The van der Waals surface area contributed by atoms with Crippen molar-refractivity contribution in [3.8, 4) is 0 Å². The van der Waals surface area contributed by atoms with E-state index < -0.39 is 33.2 Å². The summed E-state index contributed by atoms with van der Waals surface area (Å²) in [5.74, 6) is -0.562. The van der Waals surface area contributed by atoms with Gasteiger partial charge in [0.2, 0.25) is 15.9 Å². The highest BCUT2D eigenvalue weighted by molar-refractivity contribution is 7.89. The number of carbonyl (C=O) groups is 1. The molecule has 10 heteroatoms. The summed E-state index contributed by atoms with van der Waals surface area (Å²) < 4.78 is 31.4. The third-order valence-corrected chi connectivity index (χ3v) is 7.47. The molecule has 36 heavy (non-hydrogen) atoms. The lowest BCUT2D eigenvalue weighted by molar-refractivity contribution is -0.117. The zero-order valence-electron chi connectivity index (χ0n) is 20.1. The monoisotopic (exact) mass is 506 g/mol. The first kappa shape index (κ1) is 25.1. The maximum atomic E-state index is 13.4. The molecule has 0 spiro atoms. The number of anilines is 1. The van der Waals surface area contributed by atoms with Crippen LogP contribution < -0.4 is 21.3 Å². The van der Waals surface area contributed by atoms with Crippen LogP contribution >= 0.6 is 0 Å². The van der Waals surface area contributed by atoms with Crippen LogP contribution in [0.5, 0.6) is 0 Å². The van der Waals surface area contributed by atoms with Gasteiger partial charge in [-0.1, -0.05) is 49.4 Å². The smallest absolute Gasteiger partial charge is 0.324 e. The van der Waals surface area contributed by atoms with Crippen molar-refractivity contribution >= 4 is 32.5 Å². The molecule has 4 rings (SSSR count). The molecule has 0 unspecified atom stereocenters. The van der Waals surface area contributed by atoms with Gasteiger partial charge in [0.15, 0.2) is 0 Å². The largest absolute Gasteiger partial charge is 0.330 e. The summed E-state index contributed by atoms with van der Waals surface area (Å²) in [7, 11) is -1.42. The molecule has 1 atom stereocenters. The molecule has 0 bridgehead atoms. The Balaban J connectivity index is 1.72. The number of sulfonamides is 1. The summed E-state index contributed by atoms with van der Waals surface area (Å²) in [4.78, 5) is 37.9. The van der Waals surface area contributed by atoms with Crippen LogP contribution in [0.25, 0.3) is 10.9 Å². The molecule has 0 aliphatic heterocycles. The number of hydrogen-bond donors (Lipinski definition) is 2. The Morgan fingerprint density at radius 1 is 0.917 bits per heavy atom. The summed E-state index contributed by atoms with van der Waals surface area (Å²) in [6.07, 6.45) is 0.851. The molecule has 0 saturated carbocycles. The summed E-state index contributed by atoms with van der Waals surface area (Å²) >= 11 is 0. The quantitative estimate of drug-likeness (QED) is 0.399. The zero-order valence-corrected chi connectivity index (χ0v) is 20.9. The molecule has 2 N–H and O–H groups in total. The van der Waals surface area contributed by atoms with Gasteiger partial charge < -0.3 is 5.32 Å². The number of aromatic nitrogens is 2. The van der Waals surface area contributed by atoms with Crippen molar-refractivity contribution in [3.63, 3.8) is 0 Å².